The Hall–Kier alpha value is 1.24. The van der Waals surface area contributed by atoms with Crippen LogP contribution in [0.4, 0.5) is 0 Å². The minimum atomic E-state index is 0.631. The molecule has 56 valence electrons. The molecule has 0 aliphatic rings. The van der Waals surface area contributed by atoms with Crippen LogP contribution in [0.25, 0.3) is 0 Å². The summed E-state index contributed by atoms with van der Waals surface area (Å²) in [6, 6.07) is 0. The fourth-order valence-electron chi connectivity index (χ4n) is 0.165. The maximum Gasteiger partial charge on any atom is 0.0346 e. The quantitative estimate of drug-likeness (QED) is 0.376. The van der Waals surface area contributed by atoms with Crippen LogP contribution in [0.2, 0.25) is 0 Å². The van der Waals surface area contributed by atoms with Gasteiger partial charge in [-0.2, -0.15) is 0 Å². The highest BCUT2D eigenvalue weighted by Crippen LogP contribution is 2.14. The van der Waals surface area contributed by atoms with Crippen molar-refractivity contribution in [3.05, 3.63) is 0 Å². The fourth-order valence-corrected chi connectivity index (χ4v) is 1.49. The Morgan fingerprint density at radius 3 is 1.78 bits per heavy atom. The maximum atomic E-state index is 5.38. The number of hydrogen-bond donors (Lipinski definition) is 0. The van der Waals surface area contributed by atoms with E-state index in [1.807, 2.05) is 0 Å². The standard InChI is InChI=1S/C4H8Cl2OS2/c5-1-3-8-7-9-4-2-6/h1-4H2. The average molecular weight is 207 g/mol. The summed E-state index contributed by atoms with van der Waals surface area (Å²) in [5.74, 6) is 2.92. The first-order valence-corrected chi connectivity index (χ1v) is 5.34. The molecule has 0 amide bonds. The Labute approximate surface area is 74.2 Å². The number of halogens is 2. The van der Waals surface area contributed by atoms with Crippen molar-refractivity contribution >= 4 is 47.3 Å². The molecule has 0 fully saturated rings. The summed E-state index contributed by atoms with van der Waals surface area (Å²) in [5.41, 5.74) is 0. The van der Waals surface area contributed by atoms with Crippen LogP contribution in [0, 0.1) is 0 Å². The molecule has 5 heteroatoms. The molecular weight excluding hydrogens is 199 g/mol. The molecule has 9 heavy (non-hydrogen) atoms. The third kappa shape index (κ3) is 9.24. The van der Waals surface area contributed by atoms with E-state index in [1.54, 1.807) is 0 Å². The van der Waals surface area contributed by atoms with Crippen LogP contribution in [-0.4, -0.2) is 23.3 Å². The van der Waals surface area contributed by atoms with Crippen molar-refractivity contribution in [1.82, 2.24) is 0 Å². The highest BCUT2D eigenvalue weighted by Gasteiger charge is 1.88. The highest BCUT2D eigenvalue weighted by atomic mass is 35.5. The van der Waals surface area contributed by atoms with Gasteiger partial charge in [-0.15, -0.1) is 23.2 Å². The lowest BCUT2D eigenvalue weighted by molar-refractivity contribution is 0.759. The van der Waals surface area contributed by atoms with Crippen molar-refractivity contribution in [2.24, 2.45) is 0 Å². The van der Waals surface area contributed by atoms with E-state index >= 15 is 0 Å². The van der Waals surface area contributed by atoms with Crippen LogP contribution in [0.1, 0.15) is 0 Å². The van der Waals surface area contributed by atoms with Gasteiger partial charge in [-0.25, -0.2) is 3.63 Å². The number of alkyl halides is 2. The lowest BCUT2D eigenvalue weighted by atomic mass is 11.0. The Kier molecular flexibility index (Phi) is 10.5. The first kappa shape index (κ1) is 10.2. The minimum absolute atomic E-state index is 0.631. The van der Waals surface area contributed by atoms with E-state index in [9.17, 15) is 0 Å². The van der Waals surface area contributed by atoms with Crippen molar-refractivity contribution in [2.45, 2.75) is 0 Å². The third-order valence-electron chi connectivity index (χ3n) is 0.417. The van der Waals surface area contributed by atoms with E-state index in [1.165, 1.54) is 24.1 Å². The zero-order chi connectivity index (χ0) is 6.95. The molecule has 0 aromatic heterocycles. The molecule has 0 unspecified atom stereocenters. The average Bonchev–Trinajstić information content (AvgIpc) is 1.89. The van der Waals surface area contributed by atoms with Gasteiger partial charge in [0.1, 0.15) is 0 Å². The summed E-state index contributed by atoms with van der Waals surface area (Å²) >= 11 is 13.5. The van der Waals surface area contributed by atoms with Gasteiger partial charge in [0.2, 0.25) is 0 Å². The summed E-state index contributed by atoms with van der Waals surface area (Å²) in [6.07, 6.45) is 0. The second kappa shape index (κ2) is 9.24. The van der Waals surface area contributed by atoms with E-state index in [-0.39, 0.29) is 0 Å². The fraction of sp³-hybridized carbons (Fsp3) is 1.00. The van der Waals surface area contributed by atoms with Crippen molar-refractivity contribution in [2.75, 3.05) is 23.3 Å². The minimum Gasteiger partial charge on any atom is -0.247 e. The Morgan fingerprint density at radius 2 is 1.44 bits per heavy atom. The lowest BCUT2D eigenvalue weighted by Gasteiger charge is -1.95. The van der Waals surface area contributed by atoms with Crippen LogP contribution >= 0.6 is 47.3 Å². The van der Waals surface area contributed by atoms with E-state index in [0.29, 0.717) is 11.8 Å². The lowest BCUT2D eigenvalue weighted by Crippen LogP contribution is -1.80. The second-order valence-electron chi connectivity index (χ2n) is 1.09. The van der Waals surface area contributed by atoms with Crippen LogP contribution in [0.5, 0.6) is 0 Å². The van der Waals surface area contributed by atoms with Crippen molar-refractivity contribution in [1.29, 1.82) is 0 Å². The zero-order valence-corrected chi connectivity index (χ0v) is 7.95. The van der Waals surface area contributed by atoms with Gasteiger partial charge in [-0.3, -0.25) is 0 Å². The van der Waals surface area contributed by atoms with E-state index in [0.717, 1.165) is 11.5 Å². The van der Waals surface area contributed by atoms with Gasteiger partial charge in [0, 0.05) is 47.4 Å². The summed E-state index contributed by atoms with van der Waals surface area (Å²) in [7, 11) is 0. The largest absolute Gasteiger partial charge is 0.247 e. The Morgan fingerprint density at radius 1 is 1.00 bits per heavy atom. The molecule has 0 aromatic carbocycles. The Bertz CT molecular complexity index is 49.8. The summed E-state index contributed by atoms with van der Waals surface area (Å²) in [5, 5.41) is 0. The van der Waals surface area contributed by atoms with Crippen molar-refractivity contribution in [3.8, 4) is 0 Å². The van der Waals surface area contributed by atoms with Gasteiger partial charge in [0.05, 0.1) is 0 Å². The normalized spacial score (nSPS) is 10.0. The number of hydrogen-bond acceptors (Lipinski definition) is 3. The summed E-state index contributed by atoms with van der Waals surface area (Å²) in [6.45, 7) is 0. The highest BCUT2D eigenvalue weighted by molar-refractivity contribution is 8.07. The van der Waals surface area contributed by atoms with E-state index in [2.05, 4.69) is 0 Å². The molecule has 0 saturated carbocycles. The molecular formula is C4H8Cl2OS2. The number of rotatable bonds is 6. The molecule has 0 atom stereocenters. The predicted molar refractivity (Wildman–Crippen MR) is 47.4 cm³/mol. The van der Waals surface area contributed by atoms with Crippen molar-refractivity contribution in [3.63, 3.8) is 0 Å². The summed E-state index contributed by atoms with van der Waals surface area (Å²) < 4.78 is 4.98. The maximum absolute atomic E-state index is 5.38. The van der Waals surface area contributed by atoms with Gasteiger partial charge in [0.15, 0.2) is 0 Å². The van der Waals surface area contributed by atoms with Gasteiger partial charge >= 0.3 is 0 Å². The predicted octanol–water partition coefficient (Wildman–Crippen LogP) is 2.78. The molecule has 0 aliphatic carbocycles. The second-order valence-corrected chi connectivity index (χ2v) is 3.68. The SMILES string of the molecule is ClCCSOSCCCl. The third-order valence-corrected chi connectivity index (χ3v) is 2.75. The molecule has 0 heterocycles. The van der Waals surface area contributed by atoms with Gasteiger partial charge in [-0.05, 0) is 0 Å². The van der Waals surface area contributed by atoms with Crippen molar-refractivity contribution < 1.29 is 3.63 Å². The molecule has 0 aliphatic heterocycles. The molecule has 0 spiro atoms. The van der Waals surface area contributed by atoms with Crippen LogP contribution in [0.3, 0.4) is 0 Å². The molecule has 0 saturated heterocycles. The molecule has 1 nitrogen and oxygen atoms in total. The summed E-state index contributed by atoms with van der Waals surface area (Å²) in [4.78, 5) is 0. The molecule has 0 radical (unpaired) electrons. The first-order valence-electron chi connectivity index (χ1n) is 2.45. The van der Waals surface area contributed by atoms with E-state index in [4.69, 9.17) is 26.8 Å². The van der Waals surface area contributed by atoms with Gasteiger partial charge in [0.25, 0.3) is 0 Å². The van der Waals surface area contributed by atoms with Gasteiger partial charge in [-0.1, -0.05) is 0 Å². The monoisotopic (exact) mass is 206 g/mol. The molecule has 0 bridgehead atoms. The van der Waals surface area contributed by atoms with Crippen LogP contribution in [0.15, 0.2) is 0 Å². The van der Waals surface area contributed by atoms with E-state index < -0.39 is 0 Å². The van der Waals surface area contributed by atoms with Crippen LogP contribution in [-0.2, 0) is 3.63 Å². The smallest absolute Gasteiger partial charge is 0.0346 e. The van der Waals surface area contributed by atoms with Crippen LogP contribution < -0.4 is 0 Å². The van der Waals surface area contributed by atoms with Gasteiger partial charge < -0.3 is 0 Å². The molecule has 0 aromatic rings. The topological polar surface area (TPSA) is 9.23 Å². The molecule has 0 rings (SSSR count). The first-order chi connectivity index (χ1) is 4.41. The zero-order valence-electron chi connectivity index (χ0n) is 4.81. The molecule has 0 N–H and O–H groups in total. The Balaban J connectivity index is 2.60.